The quantitative estimate of drug-likeness (QED) is 0.876. The molecule has 0 aromatic carbocycles. The van der Waals surface area contributed by atoms with E-state index in [0.29, 0.717) is 18.0 Å². The number of nitrogens with zero attached hydrogens (tertiary/aromatic N) is 2. The molecule has 2 heterocycles. The molecule has 0 amide bonds. The lowest BCUT2D eigenvalue weighted by molar-refractivity contribution is 0.147. The summed E-state index contributed by atoms with van der Waals surface area (Å²) in [6.07, 6.45) is 0.924. The van der Waals surface area contributed by atoms with Gasteiger partial charge in [0, 0.05) is 17.5 Å². The summed E-state index contributed by atoms with van der Waals surface area (Å²) in [5, 5.41) is 13.8. The zero-order chi connectivity index (χ0) is 14.9. The zero-order valence-electron chi connectivity index (χ0n) is 12.3. The van der Waals surface area contributed by atoms with Crippen molar-refractivity contribution in [2.45, 2.75) is 46.4 Å². The molecule has 0 aliphatic rings. The third-order valence-electron chi connectivity index (χ3n) is 3.32. The van der Waals surface area contributed by atoms with Crippen molar-refractivity contribution in [3.8, 4) is 0 Å². The highest BCUT2D eigenvalue weighted by Crippen LogP contribution is 2.25. The van der Waals surface area contributed by atoms with E-state index >= 15 is 0 Å². The number of hydrogen-bond acceptors (Lipinski definition) is 5. The number of thiophene rings is 1. The van der Waals surface area contributed by atoms with Crippen molar-refractivity contribution >= 4 is 21.6 Å². The van der Waals surface area contributed by atoms with Gasteiger partial charge in [0.15, 0.2) is 0 Å². The molecule has 110 valence electrons. The van der Waals surface area contributed by atoms with Crippen LogP contribution in [0.4, 0.5) is 0 Å². The highest BCUT2D eigenvalue weighted by molar-refractivity contribution is 7.18. The van der Waals surface area contributed by atoms with Crippen LogP contribution in [0.3, 0.4) is 0 Å². The van der Waals surface area contributed by atoms with E-state index in [4.69, 9.17) is 0 Å². The molecule has 0 spiro atoms. The fourth-order valence-electron chi connectivity index (χ4n) is 2.06. The summed E-state index contributed by atoms with van der Waals surface area (Å²) in [5.41, 5.74) is 0.923. The molecule has 0 bridgehead atoms. The number of aryl methyl sites for hydroxylation is 2. The van der Waals surface area contributed by atoms with Crippen molar-refractivity contribution in [3.05, 3.63) is 27.1 Å². The number of aliphatic hydroxyl groups excluding tert-OH is 1. The lowest BCUT2D eigenvalue weighted by atomic mass is 10.2. The van der Waals surface area contributed by atoms with Crippen molar-refractivity contribution in [2.75, 3.05) is 6.54 Å². The van der Waals surface area contributed by atoms with Gasteiger partial charge in [0.05, 0.1) is 24.4 Å². The fraction of sp³-hybridized carbons (Fsp3) is 0.571. The summed E-state index contributed by atoms with van der Waals surface area (Å²) in [6, 6.07) is 0.309. The van der Waals surface area contributed by atoms with Gasteiger partial charge in [0.25, 0.3) is 5.56 Å². The van der Waals surface area contributed by atoms with Crippen LogP contribution in [0.1, 0.15) is 24.3 Å². The van der Waals surface area contributed by atoms with Crippen molar-refractivity contribution in [3.63, 3.8) is 0 Å². The average Bonchev–Trinajstić information content (AvgIpc) is 2.67. The van der Waals surface area contributed by atoms with Crippen LogP contribution >= 0.6 is 11.3 Å². The molecule has 0 saturated carbocycles. The summed E-state index contributed by atoms with van der Waals surface area (Å²) in [4.78, 5) is 18.6. The minimum absolute atomic E-state index is 0.0690. The predicted octanol–water partition coefficient (Wildman–Crippen LogP) is 1.43. The minimum atomic E-state index is -0.602. The molecule has 1 unspecified atom stereocenters. The van der Waals surface area contributed by atoms with E-state index in [1.807, 2.05) is 27.7 Å². The van der Waals surface area contributed by atoms with E-state index in [-0.39, 0.29) is 12.1 Å². The molecular formula is C14H21N3O2S. The van der Waals surface area contributed by atoms with E-state index < -0.39 is 6.10 Å². The van der Waals surface area contributed by atoms with Gasteiger partial charge in [-0.05, 0) is 19.4 Å². The Morgan fingerprint density at radius 1 is 1.45 bits per heavy atom. The Morgan fingerprint density at radius 3 is 2.80 bits per heavy atom. The van der Waals surface area contributed by atoms with Gasteiger partial charge in [-0.15, -0.1) is 11.3 Å². The topological polar surface area (TPSA) is 67.2 Å². The second kappa shape index (κ2) is 6.03. The molecule has 0 radical (unpaired) electrons. The summed E-state index contributed by atoms with van der Waals surface area (Å²) < 4.78 is 1.49. The summed E-state index contributed by atoms with van der Waals surface area (Å²) >= 11 is 1.54. The van der Waals surface area contributed by atoms with Crippen molar-refractivity contribution in [1.29, 1.82) is 0 Å². The van der Waals surface area contributed by atoms with Gasteiger partial charge in [0.2, 0.25) is 0 Å². The molecule has 0 saturated heterocycles. The lowest BCUT2D eigenvalue weighted by Crippen LogP contribution is -2.36. The van der Waals surface area contributed by atoms with Gasteiger partial charge < -0.3 is 10.4 Å². The second-order valence-corrected chi connectivity index (χ2v) is 6.59. The standard InChI is InChI=1S/C14H21N3O2S/c1-8(2)15-5-11(18)6-17-7-16-13-12(14(17)19)9(3)10(4)20-13/h7-8,11,15,18H,5-6H2,1-4H3. The van der Waals surface area contributed by atoms with Gasteiger partial charge in [-0.2, -0.15) is 0 Å². The van der Waals surface area contributed by atoms with Crippen LogP contribution in [-0.4, -0.2) is 33.3 Å². The summed E-state index contributed by atoms with van der Waals surface area (Å²) in [5.74, 6) is 0. The molecule has 1 atom stereocenters. The average molecular weight is 295 g/mol. The number of nitrogens with one attached hydrogen (secondary N) is 1. The fourth-order valence-corrected chi connectivity index (χ4v) is 3.05. The Morgan fingerprint density at radius 2 is 2.15 bits per heavy atom. The van der Waals surface area contributed by atoms with Crippen LogP contribution in [0.5, 0.6) is 0 Å². The minimum Gasteiger partial charge on any atom is -0.390 e. The van der Waals surface area contributed by atoms with Crippen LogP contribution < -0.4 is 10.9 Å². The van der Waals surface area contributed by atoms with Crippen molar-refractivity contribution in [1.82, 2.24) is 14.9 Å². The number of aliphatic hydroxyl groups is 1. The maximum atomic E-state index is 12.4. The molecule has 20 heavy (non-hydrogen) atoms. The van der Waals surface area contributed by atoms with Gasteiger partial charge in [-0.3, -0.25) is 9.36 Å². The van der Waals surface area contributed by atoms with Gasteiger partial charge in [-0.25, -0.2) is 4.98 Å². The van der Waals surface area contributed by atoms with E-state index in [2.05, 4.69) is 10.3 Å². The molecule has 2 N–H and O–H groups in total. The predicted molar refractivity (Wildman–Crippen MR) is 82.5 cm³/mol. The molecule has 5 nitrogen and oxygen atoms in total. The highest BCUT2D eigenvalue weighted by Gasteiger charge is 2.14. The van der Waals surface area contributed by atoms with Gasteiger partial charge in [0.1, 0.15) is 4.83 Å². The second-order valence-electron chi connectivity index (χ2n) is 5.38. The first kappa shape index (κ1) is 15.2. The molecule has 2 aromatic heterocycles. The van der Waals surface area contributed by atoms with Crippen LogP contribution in [0, 0.1) is 13.8 Å². The molecule has 2 aromatic rings. The first-order chi connectivity index (χ1) is 9.40. The number of fused-ring (bicyclic) bond motifs is 1. The van der Waals surface area contributed by atoms with Gasteiger partial charge in [-0.1, -0.05) is 13.8 Å². The Kier molecular flexibility index (Phi) is 4.57. The molecule has 2 rings (SSSR count). The Balaban J connectivity index is 2.25. The first-order valence-corrected chi connectivity index (χ1v) is 7.58. The highest BCUT2D eigenvalue weighted by atomic mass is 32.1. The maximum absolute atomic E-state index is 12.4. The molecule has 0 fully saturated rings. The molecule has 0 aliphatic heterocycles. The van der Waals surface area contributed by atoms with E-state index in [1.165, 1.54) is 22.2 Å². The number of hydrogen-bond donors (Lipinski definition) is 2. The maximum Gasteiger partial charge on any atom is 0.262 e. The van der Waals surface area contributed by atoms with Crippen molar-refractivity contribution < 1.29 is 5.11 Å². The van der Waals surface area contributed by atoms with E-state index in [0.717, 1.165) is 15.3 Å². The first-order valence-electron chi connectivity index (χ1n) is 6.76. The zero-order valence-corrected chi connectivity index (χ0v) is 13.1. The van der Waals surface area contributed by atoms with Crippen LogP contribution in [0.2, 0.25) is 0 Å². The number of aromatic nitrogens is 2. The molecule has 6 heteroatoms. The SMILES string of the molecule is Cc1sc2ncn(CC(O)CNC(C)C)c(=O)c2c1C. The van der Waals surface area contributed by atoms with Crippen LogP contribution in [-0.2, 0) is 6.54 Å². The third kappa shape index (κ3) is 3.08. The van der Waals surface area contributed by atoms with E-state index in [1.54, 1.807) is 0 Å². The lowest BCUT2D eigenvalue weighted by Gasteiger charge is -2.15. The third-order valence-corrected chi connectivity index (χ3v) is 4.44. The summed E-state index contributed by atoms with van der Waals surface area (Å²) in [6.45, 7) is 8.69. The van der Waals surface area contributed by atoms with Crippen LogP contribution in [0.25, 0.3) is 10.2 Å². The van der Waals surface area contributed by atoms with E-state index in [9.17, 15) is 9.90 Å². The van der Waals surface area contributed by atoms with Gasteiger partial charge >= 0.3 is 0 Å². The Bertz CT molecular complexity index is 660. The number of rotatable bonds is 5. The largest absolute Gasteiger partial charge is 0.390 e. The normalized spacial score (nSPS) is 13.3. The van der Waals surface area contributed by atoms with Crippen LogP contribution in [0.15, 0.2) is 11.1 Å². The monoisotopic (exact) mass is 295 g/mol. The van der Waals surface area contributed by atoms with Crippen molar-refractivity contribution in [2.24, 2.45) is 0 Å². The Hall–Kier alpha value is -1.24. The molecule has 0 aliphatic carbocycles. The Labute approximate surface area is 122 Å². The smallest absolute Gasteiger partial charge is 0.262 e. The summed E-state index contributed by atoms with van der Waals surface area (Å²) in [7, 11) is 0. The molecular weight excluding hydrogens is 274 g/mol.